The molecule has 0 fully saturated rings. The summed E-state index contributed by atoms with van der Waals surface area (Å²) in [5.41, 5.74) is 7.78. The quantitative estimate of drug-likeness (QED) is 0.884. The fraction of sp³-hybridized carbons (Fsp3) is 0.308. The molecule has 0 unspecified atom stereocenters. The molecule has 0 bridgehead atoms. The standard InChI is InChI=1S/C13H16N2OS/c1-10-9-17-13(15-10)8-16-12-4-2-3-11(7-12)5-6-14/h2-4,7,9H,5-6,8,14H2,1H3. The van der Waals surface area contributed by atoms with Crippen LogP contribution >= 0.6 is 11.3 Å². The van der Waals surface area contributed by atoms with Crippen LogP contribution in [0.15, 0.2) is 29.6 Å². The van der Waals surface area contributed by atoms with Gasteiger partial charge in [-0.15, -0.1) is 11.3 Å². The molecule has 0 amide bonds. The molecule has 17 heavy (non-hydrogen) atoms. The Morgan fingerprint density at radius 2 is 2.29 bits per heavy atom. The summed E-state index contributed by atoms with van der Waals surface area (Å²) in [7, 11) is 0. The van der Waals surface area contributed by atoms with E-state index in [0.717, 1.165) is 22.9 Å². The lowest BCUT2D eigenvalue weighted by atomic mass is 10.1. The molecule has 4 heteroatoms. The van der Waals surface area contributed by atoms with Crippen molar-refractivity contribution in [3.05, 3.63) is 45.9 Å². The molecule has 3 nitrogen and oxygen atoms in total. The van der Waals surface area contributed by atoms with E-state index in [-0.39, 0.29) is 0 Å². The predicted octanol–water partition coefficient (Wildman–Crippen LogP) is 2.53. The van der Waals surface area contributed by atoms with Crippen LogP contribution in [-0.2, 0) is 13.0 Å². The zero-order valence-corrected chi connectivity index (χ0v) is 10.7. The molecule has 2 aromatic rings. The Bertz CT molecular complexity index is 482. The van der Waals surface area contributed by atoms with Crippen molar-refractivity contribution < 1.29 is 4.74 Å². The van der Waals surface area contributed by atoms with Crippen molar-refractivity contribution in [2.24, 2.45) is 5.73 Å². The number of hydrogen-bond donors (Lipinski definition) is 1. The third-order valence-electron chi connectivity index (χ3n) is 2.36. The summed E-state index contributed by atoms with van der Waals surface area (Å²) in [5, 5.41) is 3.04. The van der Waals surface area contributed by atoms with Crippen LogP contribution in [0.25, 0.3) is 0 Å². The first-order chi connectivity index (χ1) is 8.28. The molecular formula is C13H16N2OS. The van der Waals surface area contributed by atoms with Crippen molar-refractivity contribution in [2.45, 2.75) is 20.0 Å². The first kappa shape index (κ1) is 12.1. The summed E-state index contributed by atoms with van der Waals surface area (Å²) in [4.78, 5) is 4.36. The smallest absolute Gasteiger partial charge is 0.140 e. The van der Waals surface area contributed by atoms with Gasteiger partial charge in [0.05, 0.1) is 0 Å². The zero-order chi connectivity index (χ0) is 12.1. The van der Waals surface area contributed by atoms with Gasteiger partial charge >= 0.3 is 0 Å². The van der Waals surface area contributed by atoms with Crippen LogP contribution < -0.4 is 10.5 Å². The second-order valence-electron chi connectivity index (χ2n) is 3.86. The highest BCUT2D eigenvalue weighted by Crippen LogP contribution is 2.16. The van der Waals surface area contributed by atoms with Crippen molar-refractivity contribution in [1.82, 2.24) is 4.98 Å². The van der Waals surface area contributed by atoms with Gasteiger partial charge in [0.15, 0.2) is 0 Å². The van der Waals surface area contributed by atoms with Crippen LogP contribution in [0.5, 0.6) is 5.75 Å². The highest BCUT2D eigenvalue weighted by Gasteiger charge is 2.01. The van der Waals surface area contributed by atoms with Gasteiger partial charge in [-0.05, 0) is 37.6 Å². The van der Waals surface area contributed by atoms with E-state index in [1.54, 1.807) is 11.3 Å². The molecule has 0 saturated heterocycles. The maximum atomic E-state index is 5.70. The summed E-state index contributed by atoms with van der Waals surface area (Å²) in [6.07, 6.45) is 0.883. The van der Waals surface area contributed by atoms with Crippen molar-refractivity contribution in [3.8, 4) is 5.75 Å². The van der Waals surface area contributed by atoms with Gasteiger partial charge in [-0.1, -0.05) is 12.1 Å². The maximum Gasteiger partial charge on any atom is 0.140 e. The van der Waals surface area contributed by atoms with Gasteiger partial charge in [-0.2, -0.15) is 0 Å². The Labute approximate surface area is 105 Å². The van der Waals surface area contributed by atoms with E-state index in [2.05, 4.69) is 11.1 Å². The highest BCUT2D eigenvalue weighted by molar-refractivity contribution is 7.09. The topological polar surface area (TPSA) is 48.1 Å². The molecule has 1 heterocycles. The van der Waals surface area contributed by atoms with Crippen LogP contribution in [0.4, 0.5) is 0 Å². The molecule has 0 radical (unpaired) electrons. The minimum absolute atomic E-state index is 0.532. The molecule has 0 aliphatic carbocycles. The monoisotopic (exact) mass is 248 g/mol. The summed E-state index contributed by atoms with van der Waals surface area (Å²) in [6, 6.07) is 8.05. The number of ether oxygens (including phenoxy) is 1. The van der Waals surface area contributed by atoms with Crippen molar-refractivity contribution in [2.75, 3.05) is 6.54 Å². The van der Waals surface area contributed by atoms with E-state index in [4.69, 9.17) is 10.5 Å². The van der Waals surface area contributed by atoms with Gasteiger partial charge < -0.3 is 10.5 Å². The predicted molar refractivity (Wildman–Crippen MR) is 70.4 cm³/mol. The van der Waals surface area contributed by atoms with Gasteiger partial charge in [0, 0.05) is 11.1 Å². The van der Waals surface area contributed by atoms with E-state index in [1.807, 2.05) is 30.5 Å². The average molecular weight is 248 g/mol. The third-order valence-corrected chi connectivity index (χ3v) is 3.30. The maximum absolute atomic E-state index is 5.70. The number of nitrogens with zero attached hydrogens (tertiary/aromatic N) is 1. The number of benzene rings is 1. The Morgan fingerprint density at radius 1 is 1.41 bits per heavy atom. The highest BCUT2D eigenvalue weighted by atomic mass is 32.1. The average Bonchev–Trinajstić information content (AvgIpc) is 2.74. The summed E-state index contributed by atoms with van der Waals surface area (Å²) >= 11 is 1.63. The first-order valence-electron chi connectivity index (χ1n) is 5.61. The minimum atomic E-state index is 0.532. The normalized spacial score (nSPS) is 10.5. The SMILES string of the molecule is Cc1csc(COc2cccc(CCN)c2)n1. The molecule has 2 rings (SSSR count). The lowest BCUT2D eigenvalue weighted by Crippen LogP contribution is -2.03. The molecule has 1 aromatic heterocycles. The molecule has 1 aromatic carbocycles. The van der Waals surface area contributed by atoms with Crippen LogP contribution in [-0.4, -0.2) is 11.5 Å². The van der Waals surface area contributed by atoms with Crippen LogP contribution in [0.3, 0.4) is 0 Å². The first-order valence-corrected chi connectivity index (χ1v) is 6.48. The molecule has 0 atom stereocenters. The lowest BCUT2D eigenvalue weighted by molar-refractivity contribution is 0.305. The van der Waals surface area contributed by atoms with Gasteiger partial charge in [-0.3, -0.25) is 0 Å². The van der Waals surface area contributed by atoms with Gasteiger partial charge in [0.2, 0.25) is 0 Å². The van der Waals surface area contributed by atoms with Gasteiger partial charge in [0.25, 0.3) is 0 Å². The third kappa shape index (κ3) is 3.54. The Kier molecular flexibility index (Phi) is 4.12. The number of hydrogen-bond acceptors (Lipinski definition) is 4. The summed E-state index contributed by atoms with van der Waals surface area (Å²) < 4.78 is 5.70. The van der Waals surface area contributed by atoms with Crippen molar-refractivity contribution >= 4 is 11.3 Å². The molecular weight excluding hydrogens is 232 g/mol. The number of thiazole rings is 1. The fourth-order valence-corrected chi connectivity index (χ4v) is 2.25. The lowest BCUT2D eigenvalue weighted by Gasteiger charge is -2.06. The largest absolute Gasteiger partial charge is 0.486 e. The molecule has 0 aliphatic heterocycles. The molecule has 0 aliphatic rings. The van der Waals surface area contributed by atoms with E-state index in [0.29, 0.717) is 13.2 Å². The van der Waals surface area contributed by atoms with Crippen LogP contribution in [0.2, 0.25) is 0 Å². The zero-order valence-electron chi connectivity index (χ0n) is 9.85. The van der Waals surface area contributed by atoms with Crippen molar-refractivity contribution in [3.63, 3.8) is 0 Å². The Morgan fingerprint density at radius 3 is 3.00 bits per heavy atom. The van der Waals surface area contributed by atoms with Crippen molar-refractivity contribution in [1.29, 1.82) is 0 Å². The van der Waals surface area contributed by atoms with Crippen LogP contribution in [0, 0.1) is 6.92 Å². The molecule has 90 valence electrons. The van der Waals surface area contributed by atoms with Crippen LogP contribution in [0.1, 0.15) is 16.3 Å². The minimum Gasteiger partial charge on any atom is -0.486 e. The van der Waals surface area contributed by atoms with E-state index in [1.165, 1.54) is 5.56 Å². The number of aryl methyl sites for hydroxylation is 1. The van der Waals surface area contributed by atoms with Gasteiger partial charge in [0.1, 0.15) is 17.4 Å². The fourth-order valence-electron chi connectivity index (χ4n) is 1.57. The Hall–Kier alpha value is -1.39. The molecule has 2 N–H and O–H groups in total. The van der Waals surface area contributed by atoms with E-state index in [9.17, 15) is 0 Å². The molecule has 0 spiro atoms. The van der Waals surface area contributed by atoms with E-state index < -0.39 is 0 Å². The second-order valence-corrected chi connectivity index (χ2v) is 4.80. The number of aromatic nitrogens is 1. The number of rotatable bonds is 5. The number of nitrogens with two attached hydrogens (primary N) is 1. The molecule has 0 saturated carbocycles. The van der Waals surface area contributed by atoms with E-state index >= 15 is 0 Å². The second kappa shape index (κ2) is 5.80. The summed E-state index contributed by atoms with van der Waals surface area (Å²) in [6.45, 7) is 3.18. The summed E-state index contributed by atoms with van der Waals surface area (Å²) in [5.74, 6) is 0.879. The van der Waals surface area contributed by atoms with Gasteiger partial charge in [-0.25, -0.2) is 4.98 Å². The Balaban J connectivity index is 1.96.